The Kier molecular flexibility index (Phi) is 12.2. The first-order chi connectivity index (χ1) is 24.8. The van der Waals surface area contributed by atoms with Crippen molar-refractivity contribution in [3.8, 4) is 23.1 Å². The van der Waals surface area contributed by atoms with Crippen LogP contribution in [0.4, 0.5) is 4.39 Å². The molecule has 1 saturated heterocycles. The normalized spacial score (nSPS) is 13.4. The van der Waals surface area contributed by atoms with Gasteiger partial charge in [-0.25, -0.2) is 9.37 Å². The molecule has 0 spiro atoms. The average Bonchev–Trinajstić information content (AvgIpc) is 3.14. The molecule has 5 aromatic rings. The van der Waals surface area contributed by atoms with Crippen molar-refractivity contribution in [2.45, 2.75) is 26.5 Å². The fourth-order valence-corrected chi connectivity index (χ4v) is 6.01. The number of piperazine rings is 1. The van der Waals surface area contributed by atoms with Crippen molar-refractivity contribution < 1.29 is 23.4 Å². The monoisotopic (exact) mass is 725 g/mol. The van der Waals surface area contributed by atoms with Crippen LogP contribution < -0.4 is 14.2 Å². The topological polar surface area (TPSA) is 64.1 Å². The molecule has 4 aromatic carbocycles. The van der Waals surface area contributed by atoms with Crippen LogP contribution >= 0.6 is 23.2 Å². The molecule has 0 N–H and O–H groups in total. The molecule has 0 atom stereocenters. The Hall–Kier alpha value is -4.89. The lowest BCUT2D eigenvalue weighted by Crippen LogP contribution is -2.47. The number of amides is 1. The molecule has 0 saturated carbocycles. The first-order valence-electron chi connectivity index (χ1n) is 16.7. The van der Waals surface area contributed by atoms with Crippen molar-refractivity contribution in [1.29, 1.82) is 0 Å². The summed E-state index contributed by atoms with van der Waals surface area (Å²) in [6.45, 7) is 6.49. The van der Waals surface area contributed by atoms with Crippen LogP contribution in [-0.2, 0) is 24.4 Å². The predicted molar refractivity (Wildman–Crippen MR) is 199 cm³/mol. The fraction of sp³-hybridized carbons (Fsp3) is 0.220. The second-order valence-electron chi connectivity index (χ2n) is 12.3. The maximum absolute atomic E-state index is 13.1. The van der Waals surface area contributed by atoms with Crippen molar-refractivity contribution in [2.24, 2.45) is 0 Å². The van der Waals surface area contributed by atoms with Crippen LogP contribution in [-0.4, -0.2) is 53.5 Å². The molecular formula is C41H38Cl2FN3O4. The zero-order valence-corrected chi connectivity index (χ0v) is 29.7. The molecule has 0 bridgehead atoms. The van der Waals surface area contributed by atoms with Gasteiger partial charge in [-0.05, 0) is 77.7 Å². The Labute approximate surface area is 307 Å². The van der Waals surface area contributed by atoms with Crippen LogP contribution in [0.25, 0.3) is 6.08 Å². The van der Waals surface area contributed by atoms with Crippen LogP contribution in [0.5, 0.6) is 23.1 Å². The smallest absolute Gasteiger partial charge is 0.246 e. The molecule has 0 aliphatic carbocycles. The number of benzene rings is 4. The van der Waals surface area contributed by atoms with Gasteiger partial charge >= 0.3 is 0 Å². The van der Waals surface area contributed by atoms with Gasteiger partial charge in [-0.3, -0.25) is 9.69 Å². The third-order valence-electron chi connectivity index (χ3n) is 8.56. The average molecular weight is 727 g/mol. The standard InChI is InChI=1S/C41H38Cl2FN3O4/c1-29-24-32(38(43)25-39(29)51-40-16-15-36(26-45-40)50-28-33-4-2-3-5-37(33)42)10-17-41(48)47-21-19-46(20-22-47)27-31-8-6-30(7-9-31)18-23-49-35-13-11-34(44)12-14-35/h2-17,24-26H,18-23,27-28H2,1H3. The highest BCUT2D eigenvalue weighted by molar-refractivity contribution is 6.32. The first kappa shape index (κ1) is 35.9. The highest BCUT2D eigenvalue weighted by atomic mass is 35.5. The number of nitrogens with zero attached hydrogens (tertiary/aromatic N) is 3. The van der Waals surface area contributed by atoms with E-state index in [0.717, 1.165) is 42.7 Å². The van der Waals surface area contributed by atoms with E-state index in [2.05, 4.69) is 34.1 Å². The number of rotatable bonds is 13. The first-order valence-corrected chi connectivity index (χ1v) is 17.5. The minimum atomic E-state index is -0.274. The van der Waals surface area contributed by atoms with Gasteiger partial charge in [0.05, 0.1) is 17.8 Å². The zero-order valence-electron chi connectivity index (χ0n) is 28.2. The van der Waals surface area contributed by atoms with Crippen molar-refractivity contribution in [3.05, 3.63) is 153 Å². The van der Waals surface area contributed by atoms with E-state index in [1.165, 1.54) is 23.3 Å². The van der Waals surface area contributed by atoms with Gasteiger partial charge in [0.15, 0.2) is 0 Å². The lowest BCUT2D eigenvalue weighted by atomic mass is 10.1. The molecule has 1 aliphatic rings. The van der Waals surface area contributed by atoms with Crippen molar-refractivity contribution >= 4 is 35.2 Å². The van der Waals surface area contributed by atoms with Crippen LogP contribution in [0.1, 0.15) is 27.8 Å². The van der Waals surface area contributed by atoms with Gasteiger partial charge in [0, 0.05) is 67.9 Å². The van der Waals surface area contributed by atoms with E-state index >= 15 is 0 Å². The second-order valence-corrected chi connectivity index (χ2v) is 13.1. The van der Waals surface area contributed by atoms with E-state index in [0.29, 0.717) is 59.5 Å². The molecule has 1 amide bonds. The SMILES string of the molecule is Cc1cc(C=CC(=O)N2CCN(Cc3ccc(CCOc4ccc(F)cc4)cc3)CC2)c(Cl)cc1Oc1ccc(OCc2ccccc2Cl)cn1. The molecule has 1 aromatic heterocycles. The Morgan fingerprint density at radius 1 is 0.843 bits per heavy atom. The molecule has 10 heteroatoms. The summed E-state index contributed by atoms with van der Waals surface area (Å²) in [7, 11) is 0. The molecule has 1 aliphatic heterocycles. The van der Waals surface area contributed by atoms with Gasteiger partial charge in [-0.15, -0.1) is 0 Å². The molecule has 51 heavy (non-hydrogen) atoms. The van der Waals surface area contributed by atoms with E-state index < -0.39 is 0 Å². The van der Waals surface area contributed by atoms with Crippen LogP contribution in [0.2, 0.25) is 10.0 Å². The Bertz CT molecular complexity index is 1950. The van der Waals surface area contributed by atoms with Crippen LogP contribution in [0.15, 0.2) is 109 Å². The zero-order chi connectivity index (χ0) is 35.6. The van der Waals surface area contributed by atoms with Crippen LogP contribution in [0, 0.1) is 12.7 Å². The van der Waals surface area contributed by atoms with Gasteiger partial charge in [0.1, 0.15) is 29.7 Å². The van der Waals surface area contributed by atoms with E-state index in [4.69, 9.17) is 37.4 Å². The second kappa shape index (κ2) is 17.4. The summed E-state index contributed by atoms with van der Waals surface area (Å²) in [6.07, 6.45) is 5.70. The van der Waals surface area contributed by atoms with Gasteiger partial charge in [-0.1, -0.05) is 65.7 Å². The van der Waals surface area contributed by atoms with Crippen molar-refractivity contribution in [2.75, 3.05) is 32.8 Å². The number of carbonyl (C=O) groups is 1. The molecule has 7 nitrogen and oxygen atoms in total. The fourth-order valence-electron chi connectivity index (χ4n) is 5.60. The highest BCUT2D eigenvalue weighted by Gasteiger charge is 2.20. The summed E-state index contributed by atoms with van der Waals surface area (Å²) < 4.78 is 30.6. The number of hydrogen-bond acceptors (Lipinski definition) is 6. The Morgan fingerprint density at radius 3 is 2.29 bits per heavy atom. The van der Waals surface area contributed by atoms with Crippen LogP contribution in [0.3, 0.4) is 0 Å². The molecule has 1 fully saturated rings. The maximum Gasteiger partial charge on any atom is 0.246 e. The number of hydrogen-bond donors (Lipinski definition) is 0. The number of halogens is 3. The van der Waals surface area contributed by atoms with Gasteiger partial charge in [-0.2, -0.15) is 0 Å². The lowest BCUT2D eigenvalue weighted by molar-refractivity contribution is -0.127. The third kappa shape index (κ3) is 10.3. The van der Waals surface area contributed by atoms with E-state index in [-0.39, 0.29) is 11.7 Å². The number of ether oxygens (including phenoxy) is 3. The summed E-state index contributed by atoms with van der Waals surface area (Å²) in [5.74, 6) is 1.91. The number of aromatic nitrogens is 1. The number of aryl methyl sites for hydroxylation is 1. The Morgan fingerprint density at radius 2 is 1.57 bits per heavy atom. The maximum atomic E-state index is 13.1. The molecule has 0 unspecified atom stereocenters. The molecule has 262 valence electrons. The summed E-state index contributed by atoms with van der Waals surface area (Å²) >= 11 is 12.8. The largest absolute Gasteiger partial charge is 0.493 e. The van der Waals surface area contributed by atoms with Crippen molar-refractivity contribution in [3.63, 3.8) is 0 Å². The summed E-state index contributed by atoms with van der Waals surface area (Å²) in [6, 6.07) is 29.3. The predicted octanol–water partition coefficient (Wildman–Crippen LogP) is 9.19. The lowest BCUT2D eigenvalue weighted by Gasteiger charge is -2.34. The highest BCUT2D eigenvalue weighted by Crippen LogP contribution is 2.31. The number of pyridine rings is 1. The third-order valence-corrected chi connectivity index (χ3v) is 9.26. The Balaban J connectivity index is 0.936. The van der Waals surface area contributed by atoms with E-state index in [1.54, 1.807) is 48.7 Å². The molecule has 2 heterocycles. The summed E-state index contributed by atoms with van der Waals surface area (Å²) in [4.78, 5) is 21.6. The summed E-state index contributed by atoms with van der Waals surface area (Å²) in [5.41, 5.74) is 4.88. The number of carbonyl (C=O) groups excluding carboxylic acids is 1. The minimum Gasteiger partial charge on any atom is -0.493 e. The van der Waals surface area contributed by atoms with E-state index in [1.807, 2.05) is 42.2 Å². The summed E-state index contributed by atoms with van der Waals surface area (Å²) in [5, 5.41) is 1.12. The molecule has 0 radical (unpaired) electrons. The molecule has 6 rings (SSSR count). The van der Waals surface area contributed by atoms with Gasteiger partial charge < -0.3 is 19.1 Å². The van der Waals surface area contributed by atoms with Crippen molar-refractivity contribution in [1.82, 2.24) is 14.8 Å². The van der Waals surface area contributed by atoms with Gasteiger partial charge in [0.25, 0.3) is 0 Å². The van der Waals surface area contributed by atoms with Gasteiger partial charge in [0.2, 0.25) is 11.8 Å². The quantitative estimate of drug-likeness (QED) is 0.113. The molecular weight excluding hydrogens is 688 g/mol. The minimum absolute atomic E-state index is 0.0445. The van der Waals surface area contributed by atoms with E-state index in [9.17, 15) is 9.18 Å².